The van der Waals surface area contributed by atoms with Gasteiger partial charge in [0.25, 0.3) is 0 Å². The highest BCUT2D eigenvalue weighted by Crippen LogP contribution is 2.37. The molecule has 3 heteroatoms. The molecule has 3 nitrogen and oxygen atoms in total. The first-order valence-electron chi connectivity index (χ1n) is 7.38. The Kier molecular flexibility index (Phi) is 5.64. The molecule has 1 heterocycles. The SMILES string of the molecule is CCCC1(C(=O)O)CCN(C(C)CCC(C)C)C1. The normalized spacial score (nSPS) is 26.7. The number of hydrogen-bond acceptors (Lipinski definition) is 2. The van der Waals surface area contributed by atoms with Gasteiger partial charge in [-0.1, -0.05) is 27.2 Å². The molecule has 2 unspecified atom stereocenters. The third-order valence-electron chi connectivity index (χ3n) is 4.35. The van der Waals surface area contributed by atoms with E-state index < -0.39 is 11.4 Å². The Bertz CT molecular complexity index is 278. The average molecular weight is 255 g/mol. The molecule has 1 fully saturated rings. The number of carboxylic acid groups (broad SMARTS) is 1. The van der Waals surface area contributed by atoms with Crippen LogP contribution in [-0.2, 0) is 4.79 Å². The van der Waals surface area contributed by atoms with E-state index >= 15 is 0 Å². The van der Waals surface area contributed by atoms with Gasteiger partial charge in [0.2, 0.25) is 0 Å². The maximum Gasteiger partial charge on any atom is 0.310 e. The first-order valence-corrected chi connectivity index (χ1v) is 7.38. The molecule has 0 saturated carbocycles. The molecule has 0 bridgehead atoms. The van der Waals surface area contributed by atoms with Gasteiger partial charge in [0.15, 0.2) is 0 Å². The number of rotatable bonds is 7. The lowest BCUT2D eigenvalue weighted by Crippen LogP contribution is -2.38. The molecule has 18 heavy (non-hydrogen) atoms. The van der Waals surface area contributed by atoms with Crippen LogP contribution in [0.3, 0.4) is 0 Å². The molecule has 1 N–H and O–H groups in total. The van der Waals surface area contributed by atoms with Crippen molar-refractivity contribution in [3.8, 4) is 0 Å². The molecular weight excluding hydrogens is 226 g/mol. The molecule has 2 atom stereocenters. The minimum Gasteiger partial charge on any atom is -0.481 e. The Morgan fingerprint density at radius 2 is 2.00 bits per heavy atom. The lowest BCUT2D eigenvalue weighted by molar-refractivity contribution is -0.148. The van der Waals surface area contributed by atoms with E-state index in [4.69, 9.17) is 0 Å². The minimum atomic E-state index is -0.595. The Labute approximate surface area is 112 Å². The van der Waals surface area contributed by atoms with Crippen LogP contribution in [0.2, 0.25) is 0 Å². The smallest absolute Gasteiger partial charge is 0.310 e. The summed E-state index contributed by atoms with van der Waals surface area (Å²) in [5, 5.41) is 9.49. The lowest BCUT2D eigenvalue weighted by atomic mass is 9.82. The summed E-state index contributed by atoms with van der Waals surface area (Å²) in [7, 11) is 0. The zero-order valence-corrected chi connectivity index (χ0v) is 12.4. The molecule has 1 aliphatic rings. The Hall–Kier alpha value is -0.570. The van der Waals surface area contributed by atoms with E-state index in [2.05, 4.69) is 32.6 Å². The average Bonchev–Trinajstić information content (AvgIpc) is 2.72. The van der Waals surface area contributed by atoms with Crippen LogP contribution in [0.15, 0.2) is 0 Å². The summed E-state index contributed by atoms with van der Waals surface area (Å²) in [5.74, 6) is 0.137. The third kappa shape index (κ3) is 3.71. The minimum absolute atomic E-state index is 0.471. The fourth-order valence-corrected chi connectivity index (χ4v) is 3.00. The van der Waals surface area contributed by atoms with Crippen LogP contribution >= 0.6 is 0 Å². The van der Waals surface area contributed by atoms with Crippen LogP contribution in [0.25, 0.3) is 0 Å². The molecule has 0 radical (unpaired) electrons. The fraction of sp³-hybridized carbons (Fsp3) is 0.933. The summed E-state index contributed by atoms with van der Waals surface area (Å²) < 4.78 is 0. The summed E-state index contributed by atoms with van der Waals surface area (Å²) in [6.07, 6.45) is 5.00. The van der Waals surface area contributed by atoms with Crippen molar-refractivity contribution in [2.75, 3.05) is 13.1 Å². The Morgan fingerprint density at radius 3 is 2.50 bits per heavy atom. The van der Waals surface area contributed by atoms with E-state index in [1.165, 1.54) is 12.8 Å². The second kappa shape index (κ2) is 6.55. The highest BCUT2D eigenvalue weighted by Gasteiger charge is 2.44. The van der Waals surface area contributed by atoms with Gasteiger partial charge in [-0.05, 0) is 45.1 Å². The second-order valence-electron chi connectivity index (χ2n) is 6.38. The molecule has 1 aliphatic heterocycles. The van der Waals surface area contributed by atoms with E-state index in [1.54, 1.807) is 0 Å². The van der Waals surface area contributed by atoms with Crippen LogP contribution in [0, 0.1) is 11.3 Å². The molecule has 0 spiro atoms. The molecule has 0 aromatic heterocycles. The highest BCUT2D eigenvalue weighted by molar-refractivity contribution is 5.75. The van der Waals surface area contributed by atoms with Gasteiger partial charge in [-0.2, -0.15) is 0 Å². The molecule has 1 rings (SSSR count). The maximum atomic E-state index is 11.5. The largest absolute Gasteiger partial charge is 0.481 e. The van der Waals surface area contributed by atoms with Crippen molar-refractivity contribution in [3.63, 3.8) is 0 Å². The van der Waals surface area contributed by atoms with Crippen molar-refractivity contribution in [1.82, 2.24) is 4.90 Å². The fourth-order valence-electron chi connectivity index (χ4n) is 3.00. The molecule has 0 amide bonds. The van der Waals surface area contributed by atoms with Crippen LogP contribution in [0.5, 0.6) is 0 Å². The van der Waals surface area contributed by atoms with E-state index in [9.17, 15) is 9.90 Å². The number of carbonyl (C=O) groups is 1. The zero-order valence-electron chi connectivity index (χ0n) is 12.4. The number of nitrogens with zero attached hydrogens (tertiary/aromatic N) is 1. The van der Waals surface area contributed by atoms with Crippen molar-refractivity contribution >= 4 is 5.97 Å². The summed E-state index contributed by atoms with van der Waals surface area (Å²) in [6, 6.07) is 0.519. The van der Waals surface area contributed by atoms with Gasteiger partial charge < -0.3 is 5.11 Å². The van der Waals surface area contributed by atoms with Crippen molar-refractivity contribution < 1.29 is 9.90 Å². The van der Waals surface area contributed by atoms with Gasteiger partial charge in [0, 0.05) is 12.6 Å². The molecular formula is C15H29NO2. The van der Waals surface area contributed by atoms with Gasteiger partial charge >= 0.3 is 5.97 Å². The van der Waals surface area contributed by atoms with Crippen LogP contribution in [0.4, 0.5) is 0 Å². The van der Waals surface area contributed by atoms with E-state index in [1.807, 2.05) is 0 Å². The summed E-state index contributed by atoms with van der Waals surface area (Å²) in [5.41, 5.74) is -0.471. The van der Waals surface area contributed by atoms with Crippen LogP contribution in [0.1, 0.15) is 59.8 Å². The van der Waals surface area contributed by atoms with Crippen molar-refractivity contribution in [2.24, 2.45) is 11.3 Å². The van der Waals surface area contributed by atoms with Crippen LogP contribution < -0.4 is 0 Å². The maximum absolute atomic E-state index is 11.5. The van der Waals surface area contributed by atoms with Gasteiger partial charge in [-0.3, -0.25) is 9.69 Å². The summed E-state index contributed by atoms with van der Waals surface area (Å²) >= 11 is 0. The first-order chi connectivity index (χ1) is 8.41. The second-order valence-corrected chi connectivity index (χ2v) is 6.38. The van der Waals surface area contributed by atoms with Crippen molar-refractivity contribution in [1.29, 1.82) is 0 Å². The monoisotopic (exact) mass is 255 g/mol. The topological polar surface area (TPSA) is 40.5 Å². The zero-order chi connectivity index (χ0) is 13.8. The standard InChI is InChI=1S/C15H29NO2/c1-5-8-15(14(17)18)9-10-16(11-15)13(4)7-6-12(2)3/h12-13H,5-11H2,1-4H3,(H,17,18). The van der Waals surface area contributed by atoms with E-state index in [0.29, 0.717) is 6.04 Å². The van der Waals surface area contributed by atoms with Gasteiger partial charge in [-0.25, -0.2) is 0 Å². The van der Waals surface area contributed by atoms with Crippen LogP contribution in [-0.4, -0.2) is 35.1 Å². The predicted molar refractivity (Wildman–Crippen MR) is 74.7 cm³/mol. The van der Waals surface area contributed by atoms with Crippen molar-refractivity contribution in [2.45, 2.75) is 65.8 Å². The molecule has 0 aromatic rings. The van der Waals surface area contributed by atoms with Gasteiger partial charge in [-0.15, -0.1) is 0 Å². The molecule has 106 valence electrons. The Balaban J connectivity index is 2.55. The Morgan fingerprint density at radius 1 is 1.33 bits per heavy atom. The molecule has 0 aliphatic carbocycles. The number of carboxylic acids is 1. The third-order valence-corrected chi connectivity index (χ3v) is 4.35. The number of aliphatic carboxylic acids is 1. The highest BCUT2D eigenvalue weighted by atomic mass is 16.4. The molecule has 1 saturated heterocycles. The van der Waals surface area contributed by atoms with Gasteiger partial charge in [0.1, 0.15) is 0 Å². The summed E-state index contributed by atoms with van der Waals surface area (Å²) in [4.78, 5) is 13.9. The van der Waals surface area contributed by atoms with E-state index in [-0.39, 0.29) is 0 Å². The summed E-state index contributed by atoms with van der Waals surface area (Å²) in [6.45, 7) is 10.5. The number of likely N-dealkylation sites (tertiary alicyclic amines) is 1. The number of hydrogen-bond donors (Lipinski definition) is 1. The predicted octanol–water partition coefficient (Wildman–Crippen LogP) is 3.39. The first kappa shape index (κ1) is 15.5. The van der Waals surface area contributed by atoms with E-state index in [0.717, 1.165) is 38.3 Å². The quantitative estimate of drug-likeness (QED) is 0.758. The molecule has 0 aromatic carbocycles. The lowest BCUT2D eigenvalue weighted by Gasteiger charge is -2.28. The van der Waals surface area contributed by atoms with Gasteiger partial charge in [0.05, 0.1) is 5.41 Å². The van der Waals surface area contributed by atoms with Crippen molar-refractivity contribution in [3.05, 3.63) is 0 Å².